The first-order valence-electron chi connectivity index (χ1n) is 15.8. The first kappa shape index (κ1) is 38.3. The first-order valence-corrected chi connectivity index (χ1v) is 17.3. The van der Waals surface area contributed by atoms with Crippen molar-refractivity contribution in [2.75, 3.05) is 47.5 Å². The number of carbonyl (C=O) groups is 2. The lowest BCUT2D eigenvalue weighted by atomic mass is 10.0. The molecule has 2 atom stereocenters. The molecule has 0 saturated heterocycles. The van der Waals surface area contributed by atoms with Gasteiger partial charge in [0, 0.05) is 12.8 Å². The Bertz CT molecular complexity index is 870. The largest absolute Gasteiger partial charge is 0.472 e. The van der Waals surface area contributed by atoms with Gasteiger partial charge in [0.2, 0.25) is 0 Å². The zero-order valence-corrected chi connectivity index (χ0v) is 27.5. The van der Waals surface area contributed by atoms with E-state index in [-0.39, 0.29) is 26.1 Å². The number of ether oxygens (including phenoxy) is 2. The molecule has 244 valence electrons. The fourth-order valence-electron chi connectivity index (χ4n) is 4.23. The number of phosphoric ester groups is 1. The molecule has 10 nitrogen and oxygen atoms in total. The Morgan fingerprint density at radius 3 is 2.00 bits per heavy atom. The predicted molar refractivity (Wildman–Crippen MR) is 163 cm³/mol. The molecule has 0 aliphatic carbocycles. The predicted octanol–water partition coefficient (Wildman–Crippen LogP) is 6.99. The molecule has 1 aromatic heterocycles. The van der Waals surface area contributed by atoms with Crippen LogP contribution < -0.4 is 0 Å². The van der Waals surface area contributed by atoms with Crippen LogP contribution >= 0.6 is 7.82 Å². The van der Waals surface area contributed by atoms with Crippen LogP contribution in [0.15, 0.2) is 22.8 Å². The minimum atomic E-state index is -4.38. The Labute approximate surface area is 253 Å². The molecule has 11 heteroatoms. The molecule has 0 spiro atoms. The van der Waals surface area contributed by atoms with Gasteiger partial charge in [0.05, 0.1) is 40.4 Å². The maximum Gasteiger partial charge on any atom is 0.472 e. The number of nitrogens with zero attached hydrogens (tertiary/aromatic N) is 1. The normalized spacial score (nSPS) is 13.9. The van der Waals surface area contributed by atoms with Crippen molar-refractivity contribution in [3.05, 3.63) is 24.2 Å². The van der Waals surface area contributed by atoms with Crippen LogP contribution in [0.2, 0.25) is 0 Å². The van der Waals surface area contributed by atoms with Crippen LogP contribution in [0.25, 0.3) is 0 Å². The minimum Gasteiger partial charge on any atom is -0.469 e. The van der Waals surface area contributed by atoms with Crippen LogP contribution in [0.4, 0.5) is 0 Å². The summed E-state index contributed by atoms with van der Waals surface area (Å²) in [6.45, 7) is 2.03. The molecule has 0 bridgehead atoms. The summed E-state index contributed by atoms with van der Waals surface area (Å²) in [5, 5.41) is 0. The van der Waals surface area contributed by atoms with E-state index in [2.05, 4.69) is 6.92 Å². The number of aryl methyl sites for hydroxylation is 1. The van der Waals surface area contributed by atoms with Crippen LogP contribution in [0.5, 0.6) is 0 Å². The number of furan rings is 1. The molecule has 1 rings (SSSR count). The number of esters is 2. The lowest BCUT2D eigenvalue weighted by molar-refractivity contribution is -0.870. The van der Waals surface area contributed by atoms with Crippen molar-refractivity contribution in [2.45, 2.75) is 116 Å². The smallest absolute Gasteiger partial charge is 0.469 e. The average Bonchev–Trinajstić information content (AvgIpc) is 3.44. The Hall–Kier alpha value is -1.71. The van der Waals surface area contributed by atoms with Crippen LogP contribution in [-0.4, -0.2) is 74.9 Å². The monoisotopic (exact) mass is 618 g/mol. The number of rotatable bonds is 27. The van der Waals surface area contributed by atoms with E-state index >= 15 is 0 Å². The molecule has 42 heavy (non-hydrogen) atoms. The third-order valence-corrected chi connectivity index (χ3v) is 7.79. The molecular weight excluding hydrogens is 561 g/mol. The Morgan fingerprint density at radius 1 is 0.857 bits per heavy atom. The van der Waals surface area contributed by atoms with E-state index in [1.165, 1.54) is 70.5 Å². The molecule has 0 aliphatic rings. The summed E-state index contributed by atoms with van der Waals surface area (Å²) in [5.74, 6) is -0.332. The fourth-order valence-corrected chi connectivity index (χ4v) is 4.97. The van der Waals surface area contributed by atoms with Crippen molar-refractivity contribution in [1.82, 2.24) is 0 Å². The van der Waals surface area contributed by atoms with E-state index in [4.69, 9.17) is 22.9 Å². The van der Waals surface area contributed by atoms with Gasteiger partial charge in [-0.05, 0) is 18.6 Å². The highest BCUT2D eigenvalue weighted by molar-refractivity contribution is 7.47. The summed E-state index contributed by atoms with van der Waals surface area (Å²) in [6.07, 6.45) is 16.9. The van der Waals surface area contributed by atoms with Crippen molar-refractivity contribution in [3.63, 3.8) is 0 Å². The van der Waals surface area contributed by atoms with Gasteiger partial charge in [0.25, 0.3) is 0 Å². The van der Waals surface area contributed by atoms with Crippen molar-refractivity contribution < 1.29 is 46.5 Å². The number of hydrogen-bond donors (Lipinski definition) is 1. The van der Waals surface area contributed by atoms with Gasteiger partial charge in [0.1, 0.15) is 25.5 Å². The number of quaternary nitrogens is 1. The first-order chi connectivity index (χ1) is 20.0. The van der Waals surface area contributed by atoms with Gasteiger partial charge < -0.3 is 23.3 Å². The summed E-state index contributed by atoms with van der Waals surface area (Å²) in [5.41, 5.74) is 0. The van der Waals surface area contributed by atoms with Crippen molar-refractivity contribution in [3.8, 4) is 0 Å². The maximum atomic E-state index is 12.4. The van der Waals surface area contributed by atoms with Gasteiger partial charge in [-0.1, -0.05) is 84.0 Å². The SMILES string of the molecule is CCCCCCCCCCCCCCCC(=O)OCC(COP(=O)(O)OCC[N+](C)(C)C)OC(=O)CCc1ccco1. The minimum absolute atomic E-state index is 0.0129. The lowest BCUT2D eigenvalue weighted by Crippen LogP contribution is -2.37. The van der Waals surface area contributed by atoms with Gasteiger partial charge in [-0.15, -0.1) is 0 Å². The van der Waals surface area contributed by atoms with Crippen molar-refractivity contribution in [1.29, 1.82) is 0 Å². The molecular formula is C31H57NO9P+. The Kier molecular flexibility index (Phi) is 20.8. The van der Waals surface area contributed by atoms with Crippen molar-refractivity contribution in [2.24, 2.45) is 0 Å². The number of carbonyl (C=O) groups excluding carboxylic acids is 2. The van der Waals surface area contributed by atoms with E-state index in [1.807, 2.05) is 21.1 Å². The average molecular weight is 619 g/mol. The van der Waals surface area contributed by atoms with E-state index in [9.17, 15) is 19.0 Å². The maximum absolute atomic E-state index is 12.4. The molecule has 0 saturated carbocycles. The summed E-state index contributed by atoms with van der Waals surface area (Å²) < 4.78 is 38.9. The van der Waals surface area contributed by atoms with Crippen LogP contribution in [0, 0.1) is 0 Å². The number of unbranched alkanes of at least 4 members (excludes halogenated alkanes) is 12. The second-order valence-electron chi connectivity index (χ2n) is 12.0. The highest BCUT2D eigenvalue weighted by Crippen LogP contribution is 2.43. The molecule has 0 aliphatic heterocycles. The molecule has 0 amide bonds. The number of likely N-dealkylation sites (N-methyl/N-ethyl adjacent to an activating group) is 1. The van der Waals surface area contributed by atoms with Gasteiger partial charge in [-0.25, -0.2) is 4.57 Å². The summed E-state index contributed by atoms with van der Waals surface area (Å²) in [6, 6.07) is 3.48. The third kappa shape index (κ3) is 22.8. The van der Waals surface area contributed by atoms with Crippen LogP contribution in [0.1, 0.15) is 109 Å². The molecule has 1 heterocycles. The molecule has 1 aromatic rings. The second kappa shape index (κ2) is 22.8. The molecule has 0 radical (unpaired) electrons. The lowest BCUT2D eigenvalue weighted by Gasteiger charge is -2.24. The summed E-state index contributed by atoms with van der Waals surface area (Å²) >= 11 is 0. The Morgan fingerprint density at radius 2 is 1.45 bits per heavy atom. The van der Waals surface area contributed by atoms with Gasteiger partial charge >= 0.3 is 19.8 Å². The molecule has 2 unspecified atom stereocenters. The van der Waals surface area contributed by atoms with E-state index in [0.29, 0.717) is 23.2 Å². The second-order valence-corrected chi connectivity index (χ2v) is 13.4. The zero-order chi connectivity index (χ0) is 31.1. The molecule has 0 fully saturated rings. The summed E-state index contributed by atoms with van der Waals surface area (Å²) in [7, 11) is 1.40. The zero-order valence-electron chi connectivity index (χ0n) is 26.6. The fraction of sp³-hybridized carbons (Fsp3) is 0.806. The van der Waals surface area contributed by atoms with E-state index in [1.54, 1.807) is 12.1 Å². The molecule has 1 N–H and O–H groups in total. The summed E-state index contributed by atoms with van der Waals surface area (Å²) in [4.78, 5) is 34.7. The quantitative estimate of drug-likeness (QED) is 0.0481. The van der Waals surface area contributed by atoms with Gasteiger partial charge in [-0.2, -0.15) is 0 Å². The number of phosphoric acid groups is 1. The van der Waals surface area contributed by atoms with Crippen LogP contribution in [-0.2, 0) is 39.1 Å². The van der Waals surface area contributed by atoms with Crippen molar-refractivity contribution >= 4 is 19.8 Å². The van der Waals surface area contributed by atoms with Gasteiger partial charge in [-0.3, -0.25) is 18.6 Å². The third-order valence-electron chi connectivity index (χ3n) is 6.81. The van der Waals surface area contributed by atoms with Gasteiger partial charge in [0.15, 0.2) is 6.10 Å². The topological polar surface area (TPSA) is 122 Å². The highest BCUT2D eigenvalue weighted by atomic mass is 31.2. The van der Waals surface area contributed by atoms with E-state index in [0.717, 1.165) is 19.3 Å². The van der Waals surface area contributed by atoms with E-state index < -0.39 is 32.5 Å². The highest BCUT2D eigenvalue weighted by Gasteiger charge is 2.27. The Balaban J connectivity index is 2.33. The molecule has 0 aromatic carbocycles. The van der Waals surface area contributed by atoms with Crippen LogP contribution in [0.3, 0.4) is 0 Å². The number of hydrogen-bond acceptors (Lipinski definition) is 8. The standard InChI is InChI=1S/C31H56NO9P/c1-5-6-7-8-9-10-11-12-13-14-15-16-17-20-30(33)38-26-29(41-31(34)22-21-28-19-18-24-37-28)27-40-42(35,36)39-25-23-32(2,3)4/h18-19,24,29H,5-17,20-23,25-27H2,1-4H3/p+1.